The molecule has 0 unspecified atom stereocenters. The monoisotopic (exact) mass is 219 g/mol. The van der Waals surface area contributed by atoms with Crippen LogP contribution in [0.15, 0.2) is 41.3 Å². The highest BCUT2D eigenvalue weighted by molar-refractivity contribution is 5.95. The molecular formula is C13H21N3. The van der Waals surface area contributed by atoms with Crippen molar-refractivity contribution in [3.8, 4) is 0 Å². The molecule has 0 radical (unpaired) electrons. The van der Waals surface area contributed by atoms with E-state index in [4.69, 9.17) is 0 Å². The molecule has 2 aliphatic rings. The SMILES string of the molecule is CC.CCC1=NC(N2C=CCN2)=CCC=C1. The van der Waals surface area contributed by atoms with Gasteiger partial charge in [0, 0.05) is 18.5 Å². The molecule has 0 aromatic heterocycles. The van der Waals surface area contributed by atoms with Gasteiger partial charge in [-0.1, -0.05) is 32.9 Å². The summed E-state index contributed by atoms with van der Waals surface area (Å²) in [5, 5.41) is 1.97. The molecule has 1 N–H and O–H groups in total. The highest BCUT2D eigenvalue weighted by Gasteiger charge is 2.09. The molecule has 2 heterocycles. The van der Waals surface area contributed by atoms with E-state index in [1.165, 1.54) is 0 Å². The molecule has 3 heteroatoms. The van der Waals surface area contributed by atoms with Gasteiger partial charge in [0.1, 0.15) is 5.82 Å². The number of nitrogens with zero attached hydrogens (tertiary/aromatic N) is 2. The van der Waals surface area contributed by atoms with Crippen LogP contribution in [0.4, 0.5) is 0 Å². The summed E-state index contributed by atoms with van der Waals surface area (Å²) in [6.45, 7) is 7.01. The first-order chi connectivity index (χ1) is 7.90. The fraction of sp³-hybridized carbons (Fsp3) is 0.462. The van der Waals surface area contributed by atoms with E-state index in [2.05, 4.69) is 41.6 Å². The molecule has 0 saturated carbocycles. The van der Waals surface area contributed by atoms with E-state index >= 15 is 0 Å². The molecule has 0 aromatic rings. The lowest BCUT2D eigenvalue weighted by Crippen LogP contribution is -2.27. The van der Waals surface area contributed by atoms with Crippen LogP contribution < -0.4 is 5.43 Å². The topological polar surface area (TPSA) is 27.6 Å². The Morgan fingerprint density at radius 2 is 2.19 bits per heavy atom. The van der Waals surface area contributed by atoms with Crippen molar-refractivity contribution in [2.24, 2.45) is 4.99 Å². The van der Waals surface area contributed by atoms with Crippen molar-refractivity contribution in [3.05, 3.63) is 36.3 Å². The largest absolute Gasteiger partial charge is 0.267 e. The number of allylic oxidation sites excluding steroid dienone is 3. The van der Waals surface area contributed by atoms with Crippen molar-refractivity contribution in [1.29, 1.82) is 0 Å². The third-order valence-corrected chi connectivity index (χ3v) is 2.25. The van der Waals surface area contributed by atoms with Crippen LogP contribution in [-0.4, -0.2) is 17.3 Å². The third-order valence-electron chi connectivity index (χ3n) is 2.25. The molecular weight excluding hydrogens is 198 g/mol. The molecule has 0 atom stereocenters. The molecule has 0 bridgehead atoms. The van der Waals surface area contributed by atoms with Crippen molar-refractivity contribution >= 4 is 5.71 Å². The van der Waals surface area contributed by atoms with Crippen LogP contribution in [0.5, 0.6) is 0 Å². The number of hydrogen-bond donors (Lipinski definition) is 1. The van der Waals surface area contributed by atoms with Gasteiger partial charge in [0.05, 0.1) is 0 Å². The first-order valence-corrected chi connectivity index (χ1v) is 6.04. The van der Waals surface area contributed by atoms with Crippen molar-refractivity contribution in [2.75, 3.05) is 6.54 Å². The minimum Gasteiger partial charge on any atom is -0.267 e. The molecule has 2 aliphatic heterocycles. The second kappa shape index (κ2) is 7.01. The Labute approximate surface area is 98.2 Å². The number of aliphatic imine (C=N–C) groups is 1. The second-order valence-corrected chi connectivity index (χ2v) is 3.27. The molecule has 0 fully saturated rings. The third kappa shape index (κ3) is 3.35. The van der Waals surface area contributed by atoms with Gasteiger partial charge < -0.3 is 0 Å². The predicted molar refractivity (Wildman–Crippen MR) is 69.9 cm³/mol. The lowest BCUT2D eigenvalue weighted by molar-refractivity contribution is 0.378. The molecule has 88 valence electrons. The molecule has 0 amide bonds. The molecule has 3 nitrogen and oxygen atoms in total. The molecule has 0 aliphatic carbocycles. The van der Waals surface area contributed by atoms with E-state index in [9.17, 15) is 0 Å². The lowest BCUT2D eigenvalue weighted by Gasteiger charge is -2.16. The van der Waals surface area contributed by atoms with Crippen LogP contribution in [-0.2, 0) is 0 Å². The summed E-state index contributed by atoms with van der Waals surface area (Å²) < 4.78 is 0. The van der Waals surface area contributed by atoms with Crippen LogP contribution in [0.25, 0.3) is 0 Å². The number of nitrogens with one attached hydrogen (secondary N) is 1. The first-order valence-electron chi connectivity index (χ1n) is 6.04. The molecule has 16 heavy (non-hydrogen) atoms. The smallest absolute Gasteiger partial charge is 0.143 e. The Hall–Kier alpha value is -1.35. The minimum absolute atomic E-state index is 0.891. The number of rotatable bonds is 2. The summed E-state index contributed by atoms with van der Waals surface area (Å²) >= 11 is 0. The highest BCUT2D eigenvalue weighted by Crippen LogP contribution is 2.13. The zero-order valence-corrected chi connectivity index (χ0v) is 10.4. The first kappa shape index (κ1) is 12.7. The zero-order valence-electron chi connectivity index (χ0n) is 10.4. The Kier molecular flexibility index (Phi) is 5.57. The average molecular weight is 219 g/mol. The van der Waals surface area contributed by atoms with Gasteiger partial charge in [-0.3, -0.25) is 5.01 Å². The van der Waals surface area contributed by atoms with E-state index in [1.54, 1.807) is 0 Å². The van der Waals surface area contributed by atoms with Gasteiger partial charge in [0.2, 0.25) is 0 Å². The summed E-state index contributed by atoms with van der Waals surface area (Å²) in [7, 11) is 0. The Morgan fingerprint density at radius 3 is 2.81 bits per heavy atom. The zero-order chi connectivity index (χ0) is 11.8. The van der Waals surface area contributed by atoms with Crippen molar-refractivity contribution in [1.82, 2.24) is 10.4 Å². The highest BCUT2D eigenvalue weighted by atomic mass is 15.5. The Morgan fingerprint density at radius 1 is 1.38 bits per heavy atom. The van der Waals surface area contributed by atoms with Gasteiger partial charge in [0.15, 0.2) is 0 Å². The normalized spacial score (nSPS) is 18.6. The summed E-state index contributed by atoms with van der Waals surface area (Å²) in [5.41, 5.74) is 4.35. The lowest BCUT2D eigenvalue weighted by atomic mass is 10.2. The summed E-state index contributed by atoms with van der Waals surface area (Å²) in [6.07, 6.45) is 12.4. The van der Waals surface area contributed by atoms with Gasteiger partial charge in [-0.2, -0.15) is 0 Å². The summed E-state index contributed by atoms with van der Waals surface area (Å²) in [5.74, 6) is 1.00. The molecule has 0 saturated heterocycles. The van der Waals surface area contributed by atoms with Gasteiger partial charge in [-0.25, -0.2) is 10.4 Å². The Bertz CT molecular complexity index is 324. The van der Waals surface area contributed by atoms with Crippen LogP contribution >= 0.6 is 0 Å². The van der Waals surface area contributed by atoms with Gasteiger partial charge in [-0.05, 0) is 25.0 Å². The fourth-order valence-electron chi connectivity index (χ4n) is 1.48. The van der Waals surface area contributed by atoms with Gasteiger partial charge >= 0.3 is 0 Å². The maximum atomic E-state index is 4.58. The van der Waals surface area contributed by atoms with E-state index < -0.39 is 0 Å². The van der Waals surface area contributed by atoms with E-state index in [0.29, 0.717) is 0 Å². The van der Waals surface area contributed by atoms with Crippen molar-refractivity contribution < 1.29 is 0 Å². The maximum absolute atomic E-state index is 4.58. The summed E-state index contributed by atoms with van der Waals surface area (Å²) in [4.78, 5) is 4.58. The van der Waals surface area contributed by atoms with Crippen LogP contribution in [0, 0.1) is 0 Å². The summed E-state index contributed by atoms with van der Waals surface area (Å²) in [6, 6.07) is 0. The quantitative estimate of drug-likeness (QED) is 0.773. The molecule has 0 spiro atoms. The Balaban J connectivity index is 0.000000606. The fourth-order valence-corrected chi connectivity index (χ4v) is 1.48. The van der Waals surface area contributed by atoms with E-state index in [-0.39, 0.29) is 0 Å². The maximum Gasteiger partial charge on any atom is 0.143 e. The molecule has 2 rings (SSSR count). The van der Waals surface area contributed by atoms with E-state index in [1.807, 2.05) is 25.1 Å². The second-order valence-electron chi connectivity index (χ2n) is 3.27. The standard InChI is InChI=1S/C11H15N3.C2H6/c1-2-10-6-3-4-7-11(13-10)14-9-5-8-12-14;1-2/h3,5-7,9,12H,2,4,8H2,1H3;1-2H3. The average Bonchev–Trinajstić information content (AvgIpc) is 2.77. The van der Waals surface area contributed by atoms with Gasteiger partial charge in [-0.15, -0.1) is 0 Å². The van der Waals surface area contributed by atoms with Crippen LogP contribution in [0.3, 0.4) is 0 Å². The van der Waals surface area contributed by atoms with Crippen LogP contribution in [0.1, 0.15) is 33.6 Å². The predicted octanol–water partition coefficient (Wildman–Crippen LogP) is 3.00. The van der Waals surface area contributed by atoms with Crippen molar-refractivity contribution in [2.45, 2.75) is 33.6 Å². The van der Waals surface area contributed by atoms with E-state index in [0.717, 1.165) is 30.9 Å². The van der Waals surface area contributed by atoms with Gasteiger partial charge in [0.25, 0.3) is 0 Å². The van der Waals surface area contributed by atoms with Crippen molar-refractivity contribution in [3.63, 3.8) is 0 Å². The minimum atomic E-state index is 0.891. The number of hydrogen-bond acceptors (Lipinski definition) is 3. The van der Waals surface area contributed by atoms with Crippen LogP contribution in [0.2, 0.25) is 0 Å². The molecule has 0 aromatic carbocycles. The number of hydrazine groups is 1.